The van der Waals surface area contributed by atoms with Gasteiger partial charge in [-0.25, -0.2) is 0 Å². The molecule has 6 unspecified atom stereocenters. The molecule has 5 rings (SSSR count). The predicted octanol–water partition coefficient (Wildman–Crippen LogP) is 9.34. The highest BCUT2D eigenvalue weighted by Crippen LogP contribution is 3.05. The highest BCUT2D eigenvalue weighted by Gasteiger charge is 3.03. The molecule has 4 bridgehead atoms. The maximum atomic E-state index is 5.86. The van der Waals surface area contributed by atoms with E-state index in [2.05, 4.69) is 152 Å². The third-order valence-electron chi connectivity index (χ3n) is 15.2. The van der Waals surface area contributed by atoms with Crippen molar-refractivity contribution in [1.82, 2.24) is 0 Å². The van der Waals surface area contributed by atoms with Crippen LogP contribution in [0.15, 0.2) is 23.3 Å². The van der Waals surface area contributed by atoms with E-state index in [4.69, 9.17) is 6.42 Å². The van der Waals surface area contributed by atoms with Crippen molar-refractivity contribution in [2.75, 3.05) is 0 Å². The van der Waals surface area contributed by atoms with Crippen molar-refractivity contribution < 1.29 is 0 Å². The first-order valence-electron chi connectivity index (χ1n) is 14.2. The zero-order valence-electron chi connectivity index (χ0n) is 27.1. The van der Waals surface area contributed by atoms with Crippen LogP contribution in [0.2, 0.25) is 0 Å². The van der Waals surface area contributed by atoms with Crippen LogP contribution in [0.1, 0.15) is 110 Å². The summed E-state index contributed by atoms with van der Waals surface area (Å²) in [6, 6.07) is 0. The summed E-state index contributed by atoms with van der Waals surface area (Å²) in [4.78, 5) is 0. The molecule has 0 N–H and O–H groups in total. The van der Waals surface area contributed by atoms with E-state index < -0.39 is 0 Å². The van der Waals surface area contributed by atoms with Gasteiger partial charge in [0.15, 0.2) is 0 Å². The van der Waals surface area contributed by atoms with Crippen molar-refractivity contribution in [3.63, 3.8) is 0 Å². The molecule has 0 nitrogen and oxygen atoms in total. The van der Waals surface area contributed by atoms with E-state index in [1.54, 1.807) is 5.57 Å². The zero-order valence-corrected chi connectivity index (χ0v) is 27.1. The topological polar surface area (TPSA) is 0 Å². The Balaban J connectivity index is 0.000000598. The molecule has 0 heteroatoms. The second kappa shape index (κ2) is 7.67. The van der Waals surface area contributed by atoms with Gasteiger partial charge in [0, 0.05) is 10.8 Å². The van der Waals surface area contributed by atoms with Gasteiger partial charge >= 0.3 is 0 Å². The van der Waals surface area contributed by atoms with E-state index in [1.807, 2.05) is 6.92 Å². The lowest BCUT2D eigenvalue weighted by Gasteiger charge is -2.70. The summed E-state index contributed by atoms with van der Waals surface area (Å²) in [7, 11) is 0. The van der Waals surface area contributed by atoms with Crippen molar-refractivity contribution in [2.45, 2.75) is 110 Å². The summed E-state index contributed by atoms with van der Waals surface area (Å²) < 4.78 is 0. The first kappa shape index (κ1) is 30.3. The van der Waals surface area contributed by atoms with Crippen LogP contribution in [-0.2, 0) is 0 Å². The number of allylic oxidation sites excluding steroid dienone is 4. The number of fused-ring (bicyclic) bond motifs is 9. The molecular formula is C38H52. The van der Waals surface area contributed by atoms with E-state index in [9.17, 15) is 0 Å². The van der Waals surface area contributed by atoms with Crippen molar-refractivity contribution in [1.29, 1.82) is 0 Å². The molecule has 5 aliphatic carbocycles. The molecule has 204 valence electrons. The van der Waals surface area contributed by atoms with Gasteiger partial charge < -0.3 is 0 Å². The lowest BCUT2D eigenvalue weighted by atomic mass is 9.30. The van der Waals surface area contributed by atoms with Gasteiger partial charge in [-0.05, 0) is 71.5 Å². The van der Waals surface area contributed by atoms with Gasteiger partial charge in [0.1, 0.15) is 0 Å². The van der Waals surface area contributed by atoms with Gasteiger partial charge in [0.05, 0.1) is 10.8 Å². The summed E-state index contributed by atoms with van der Waals surface area (Å²) in [6.45, 7) is 36.7. The fourth-order valence-electron chi connectivity index (χ4n) is 11.9. The minimum atomic E-state index is -0.378. The molecule has 5 aliphatic rings. The minimum absolute atomic E-state index is 0.0160. The van der Waals surface area contributed by atoms with Crippen molar-refractivity contribution >= 4 is 0 Å². The number of hydrogen-bond acceptors (Lipinski definition) is 0. The van der Waals surface area contributed by atoms with Crippen molar-refractivity contribution in [3.8, 4) is 48.9 Å². The summed E-state index contributed by atoms with van der Waals surface area (Å²) in [5, 5.41) is 0. The van der Waals surface area contributed by atoms with Gasteiger partial charge in [-0.3, -0.25) is 0 Å². The normalized spacial score (nSPS) is 45.6. The van der Waals surface area contributed by atoms with Gasteiger partial charge in [-0.1, -0.05) is 118 Å². The third kappa shape index (κ3) is 2.18. The maximum absolute atomic E-state index is 5.86. The lowest BCUT2D eigenvalue weighted by Crippen LogP contribution is -2.69. The Morgan fingerprint density at radius 3 is 1.47 bits per heavy atom. The van der Waals surface area contributed by atoms with Crippen molar-refractivity contribution in [3.05, 3.63) is 23.3 Å². The fraction of sp³-hybridized carbons (Fsp3) is 0.684. The van der Waals surface area contributed by atoms with E-state index in [0.29, 0.717) is 0 Å². The first-order valence-corrected chi connectivity index (χ1v) is 14.2. The zero-order chi connectivity index (χ0) is 29.8. The molecule has 38 heavy (non-hydrogen) atoms. The summed E-state index contributed by atoms with van der Waals surface area (Å²) in [5.74, 6) is 17.4. The van der Waals surface area contributed by atoms with Crippen LogP contribution >= 0.6 is 0 Å². The Kier molecular flexibility index (Phi) is 6.11. The Labute approximate surface area is 236 Å². The molecule has 0 aromatic heterocycles. The molecule has 0 spiro atoms. The number of hydrogen-bond donors (Lipinski definition) is 0. The van der Waals surface area contributed by atoms with Crippen LogP contribution in [0, 0.1) is 103 Å². The molecule has 0 saturated heterocycles. The SMILES string of the molecule is C#C.C#CC#CC12C3(C)C=C(C)C(C)(C3(C)C)C1(C#CC)C1(C)C(C)(C)C(C)(C)C2(C)C1(C)C.CC1=CC1. The summed E-state index contributed by atoms with van der Waals surface area (Å²) >= 11 is 0. The standard InChI is InChI=1S/C32H44.C4H6.C2H2/c1-16-18-20-31-27(12)21-22(3)28(13,25(27,8)9)32(31,19-17-2)30(15)24(6,7)23(4,5)29(31,14)26(30,10)11;1-4-2-3-4;1-2/h1,21H,2-15H3;2H,3H2,1H3;1-2H. The molecule has 3 fully saturated rings. The highest BCUT2D eigenvalue weighted by atomic mass is 15.0. The average Bonchev–Trinajstić information content (AvgIpc) is 3.56. The quantitative estimate of drug-likeness (QED) is 0.174. The molecular weight excluding hydrogens is 456 g/mol. The van der Waals surface area contributed by atoms with Crippen LogP contribution < -0.4 is 0 Å². The largest absolute Gasteiger partial charge is 0.124 e. The smallest absolute Gasteiger partial charge is 0.0661 e. The summed E-state index contributed by atoms with van der Waals surface area (Å²) in [5.41, 5.74) is 1.81. The Bertz CT molecular complexity index is 1320. The highest BCUT2D eigenvalue weighted by molar-refractivity contribution is 5.64. The molecule has 0 aromatic carbocycles. The molecule has 3 saturated carbocycles. The lowest BCUT2D eigenvalue weighted by molar-refractivity contribution is -0.203. The fourth-order valence-corrected chi connectivity index (χ4v) is 11.9. The van der Waals surface area contributed by atoms with Crippen LogP contribution in [0.3, 0.4) is 0 Å². The van der Waals surface area contributed by atoms with Gasteiger partial charge in [-0.15, -0.1) is 25.2 Å². The molecule has 0 heterocycles. The van der Waals surface area contributed by atoms with Gasteiger partial charge in [0.25, 0.3) is 0 Å². The van der Waals surface area contributed by atoms with Crippen LogP contribution in [0.25, 0.3) is 0 Å². The van der Waals surface area contributed by atoms with Crippen molar-refractivity contribution in [2.24, 2.45) is 54.1 Å². The van der Waals surface area contributed by atoms with E-state index in [0.717, 1.165) is 0 Å². The van der Waals surface area contributed by atoms with Crippen LogP contribution in [0.5, 0.6) is 0 Å². The maximum Gasteiger partial charge on any atom is 0.0661 e. The molecule has 6 atom stereocenters. The second-order valence-corrected chi connectivity index (χ2v) is 15.4. The number of rotatable bonds is 0. The Morgan fingerprint density at radius 1 is 0.684 bits per heavy atom. The van der Waals surface area contributed by atoms with E-state index >= 15 is 0 Å². The third-order valence-corrected chi connectivity index (χ3v) is 15.2. The molecule has 0 radical (unpaired) electrons. The first-order chi connectivity index (χ1) is 17.1. The monoisotopic (exact) mass is 508 g/mol. The Morgan fingerprint density at radius 2 is 1.11 bits per heavy atom. The van der Waals surface area contributed by atoms with Crippen LogP contribution in [0.4, 0.5) is 0 Å². The van der Waals surface area contributed by atoms with Gasteiger partial charge in [0.2, 0.25) is 0 Å². The Hall–Kier alpha value is -2.28. The average molecular weight is 509 g/mol. The van der Waals surface area contributed by atoms with Crippen LogP contribution in [-0.4, -0.2) is 0 Å². The molecule has 0 amide bonds. The minimum Gasteiger partial charge on any atom is -0.124 e. The van der Waals surface area contributed by atoms with E-state index in [-0.39, 0.29) is 54.1 Å². The number of terminal acetylenes is 2. The summed E-state index contributed by atoms with van der Waals surface area (Å²) in [6.07, 6.45) is 19.9. The molecule has 0 aromatic rings. The van der Waals surface area contributed by atoms with E-state index in [1.165, 1.54) is 12.0 Å². The second-order valence-electron chi connectivity index (χ2n) is 15.4. The molecule has 0 aliphatic heterocycles. The van der Waals surface area contributed by atoms with Gasteiger partial charge in [-0.2, -0.15) is 0 Å². The predicted molar refractivity (Wildman–Crippen MR) is 164 cm³/mol.